The normalized spacial score (nSPS) is 11.5. The SMILES string of the molecule is COCCOc1ccc(S(=O)(=O)NCCSc2ccc(Cl)cc2)cc1C. The maximum Gasteiger partial charge on any atom is 0.240 e. The van der Waals surface area contributed by atoms with Gasteiger partial charge < -0.3 is 9.47 Å². The molecule has 0 saturated heterocycles. The van der Waals surface area contributed by atoms with Gasteiger partial charge in [-0.15, -0.1) is 11.8 Å². The van der Waals surface area contributed by atoms with Crippen molar-refractivity contribution in [2.24, 2.45) is 0 Å². The van der Waals surface area contributed by atoms with Gasteiger partial charge in [-0.2, -0.15) is 0 Å². The van der Waals surface area contributed by atoms with Crippen molar-refractivity contribution >= 4 is 33.4 Å². The van der Waals surface area contributed by atoms with Crippen molar-refractivity contribution in [1.29, 1.82) is 0 Å². The van der Waals surface area contributed by atoms with Gasteiger partial charge in [0.05, 0.1) is 11.5 Å². The zero-order chi connectivity index (χ0) is 19.0. The Morgan fingerprint density at radius 2 is 1.85 bits per heavy atom. The summed E-state index contributed by atoms with van der Waals surface area (Å²) in [6, 6.07) is 12.3. The lowest BCUT2D eigenvalue weighted by atomic mass is 10.2. The second-order valence-corrected chi connectivity index (χ2v) is 8.84. The highest BCUT2D eigenvalue weighted by molar-refractivity contribution is 7.99. The Morgan fingerprint density at radius 3 is 2.50 bits per heavy atom. The summed E-state index contributed by atoms with van der Waals surface area (Å²) in [5, 5.41) is 0.681. The summed E-state index contributed by atoms with van der Waals surface area (Å²) in [5.41, 5.74) is 0.763. The van der Waals surface area contributed by atoms with E-state index in [-0.39, 0.29) is 4.90 Å². The van der Waals surface area contributed by atoms with Gasteiger partial charge in [0.2, 0.25) is 10.0 Å². The number of methoxy groups -OCH3 is 1. The molecule has 2 aromatic rings. The lowest BCUT2D eigenvalue weighted by Crippen LogP contribution is -2.26. The summed E-state index contributed by atoms with van der Waals surface area (Å²) in [4.78, 5) is 1.27. The molecule has 2 aromatic carbocycles. The molecule has 0 amide bonds. The first-order chi connectivity index (χ1) is 12.4. The van der Waals surface area contributed by atoms with Gasteiger partial charge in [0, 0.05) is 29.3 Å². The zero-order valence-electron chi connectivity index (χ0n) is 14.7. The van der Waals surface area contributed by atoms with Crippen LogP contribution in [-0.4, -0.2) is 41.0 Å². The summed E-state index contributed by atoms with van der Waals surface area (Å²) < 4.78 is 37.9. The van der Waals surface area contributed by atoms with E-state index >= 15 is 0 Å². The van der Waals surface area contributed by atoms with E-state index in [9.17, 15) is 8.42 Å². The Kier molecular flexibility index (Phi) is 8.24. The maximum atomic E-state index is 12.4. The summed E-state index contributed by atoms with van der Waals surface area (Å²) >= 11 is 7.41. The Morgan fingerprint density at radius 1 is 1.12 bits per heavy atom. The number of hydrogen-bond acceptors (Lipinski definition) is 5. The molecule has 1 N–H and O–H groups in total. The lowest BCUT2D eigenvalue weighted by molar-refractivity contribution is 0.146. The minimum Gasteiger partial charge on any atom is -0.491 e. The van der Waals surface area contributed by atoms with Crippen molar-refractivity contribution in [3.63, 3.8) is 0 Å². The molecular weight excluding hydrogens is 394 g/mol. The van der Waals surface area contributed by atoms with Gasteiger partial charge in [0.1, 0.15) is 12.4 Å². The molecule has 8 heteroatoms. The molecular formula is C18H22ClNO4S2. The highest BCUT2D eigenvalue weighted by atomic mass is 35.5. The fraction of sp³-hybridized carbons (Fsp3) is 0.333. The lowest BCUT2D eigenvalue weighted by Gasteiger charge is -2.11. The number of halogens is 1. The fourth-order valence-electron chi connectivity index (χ4n) is 2.15. The number of thioether (sulfide) groups is 1. The first-order valence-corrected chi connectivity index (χ1v) is 10.9. The molecule has 5 nitrogen and oxygen atoms in total. The van der Waals surface area contributed by atoms with Crippen molar-refractivity contribution in [3.05, 3.63) is 53.1 Å². The first-order valence-electron chi connectivity index (χ1n) is 8.03. The number of benzene rings is 2. The van der Waals surface area contributed by atoms with Crippen LogP contribution in [-0.2, 0) is 14.8 Å². The third-order valence-electron chi connectivity index (χ3n) is 3.48. The number of hydrogen-bond donors (Lipinski definition) is 1. The average molecular weight is 416 g/mol. The number of ether oxygens (including phenoxy) is 2. The second kappa shape index (κ2) is 10.2. The van der Waals surface area contributed by atoms with Crippen LogP contribution in [0.4, 0.5) is 0 Å². The van der Waals surface area contributed by atoms with Gasteiger partial charge in [0.15, 0.2) is 0 Å². The molecule has 142 valence electrons. The van der Waals surface area contributed by atoms with Crippen molar-refractivity contribution in [2.45, 2.75) is 16.7 Å². The highest BCUT2D eigenvalue weighted by Crippen LogP contribution is 2.22. The standard InChI is InChI=1S/C18H22ClNO4S2/c1-14-13-17(7-8-18(14)24-11-10-23-2)26(21,22)20-9-12-25-16-5-3-15(19)4-6-16/h3-8,13,20H,9-12H2,1-2H3. The van der Waals surface area contributed by atoms with E-state index in [1.807, 2.05) is 31.2 Å². The van der Waals surface area contributed by atoms with Crippen LogP contribution in [0.15, 0.2) is 52.3 Å². The molecule has 2 rings (SSSR count). The van der Waals surface area contributed by atoms with Crippen LogP contribution in [0, 0.1) is 6.92 Å². The molecule has 0 aliphatic rings. The van der Waals surface area contributed by atoms with Crippen LogP contribution in [0.3, 0.4) is 0 Å². The minimum atomic E-state index is -3.55. The predicted octanol–water partition coefficient (Wildman–Crippen LogP) is 3.74. The quantitative estimate of drug-likeness (QED) is 0.473. The van der Waals surface area contributed by atoms with E-state index in [2.05, 4.69) is 4.72 Å². The molecule has 0 saturated carbocycles. The molecule has 0 spiro atoms. The fourth-order valence-corrected chi connectivity index (χ4v) is 4.29. The van der Waals surface area contributed by atoms with E-state index in [0.717, 1.165) is 10.5 Å². The smallest absolute Gasteiger partial charge is 0.240 e. The molecule has 0 aliphatic carbocycles. The maximum absolute atomic E-state index is 12.4. The van der Waals surface area contributed by atoms with Gasteiger partial charge >= 0.3 is 0 Å². The molecule has 0 unspecified atom stereocenters. The zero-order valence-corrected chi connectivity index (χ0v) is 17.1. The largest absolute Gasteiger partial charge is 0.491 e. The summed E-state index contributed by atoms with van der Waals surface area (Å²) in [6.07, 6.45) is 0. The van der Waals surface area contributed by atoms with Gasteiger partial charge in [-0.05, 0) is 55.0 Å². The van der Waals surface area contributed by atoms with Crippen LogP contribution >= 0.6 is 23.4 Å². The topological polar surface area (TPSA) is 64.6 Å². The van der Waals surface area contributed by atoms with E-state index in [4.69, 9.17) is 21.1 Å². The van der Waals surface area contributed by atoms with Crippen LogP contribution in [0.2, 0.25) is 5.02 Å². The van der Waals surface area contributed by atoms with Crippen molar-refractivity contribution in [3.8, 4) is 5.75 Å². The highest BCUT2D eigenvalue weighted by Gasteiger charge is 2.15. The summed E-state index contributed by atoms with van der Waals surface area (Å²) in [7, 11) is -1.95. The van der Waals surface area contributed by atoms with Crippen molar-refractivity contribution in [2.75, 3.05) is 32.6 Å². The van der Waals surface area contributed by atoms with Gasteiger partial charge in [-0.1, -0.05) is 11.6 Å². The van der Waals surface area contributed by atoms with E-state index in [0.29, 0.717) is 36.3 Å². The van der Waals surface area contributed by atoms with Crippen LogP contribution in [0.5, 0.6) is 5.75 Å². The predicted molar refractivity (Wildman–Crippen MR) is 106 cm³/mol. The van der Waals surface area contributed by atoms with E-state index in [1.165, 1.54) is 0 Å². The summed E-state index contributed by atoms with van der Waals surface area (Å²) in [6.45, 7) is 3.05. The Labute approximate surface area is 164 Å². The van der Waals surface area contributed by atoms with Gasteiger partial charge in [0.25, 0.3) is 0 Å². The monoisotopic (exact) mass is 415 g/mol. The Balaban J connectivity index is 1.88. The van der Waals surface area contributed by atoms with Gasteiger partial charge in [-0.25, -0.2) is 13.1 Å². The van der Waals surface area contributed by atoms with Gasteiger partial charge in [-0.3, -0.25) is 0 Å². The molecule has 26 heavy (non-hydrogen) atoms. The molecule has 0 heterocycles. The Hall–Kier alpha value is -1.25. The van der Waals surface area contributed by atoms with E-state index in [1.54, 1.807) is 37.1 Å². The number of sulfonamides is 1. The first kappa shape index (κ1) is 21.1. The molecule has 0 aliphatic heterocycles. The van der Waals surface area contributed by atoms with Crippen molar-refractivity contribution < 1.29 is 17.9 Å². The molecule has 0 bridgehead atoms. The van der Waals surface area contributed by atoms with Crippen LogP contribution < -0.4 is 9.46 Å². The Bertz CT molecular complexity index is 810. The van der Waals surface area contributed by atoms with Crippen molar-refractivity contribution in [1.82, 2.24) is 4.72 Å². The minimum absolute atomic E-state index is 0.227. The molecule has 0 fully saturated rings. The number of nitrogens with one attached hydrogen (secondary N) is 1. The molecule has 0 radical (unpaired) electrons. The second-order valence-electron chi connectivity index (χ2n) is 5.47. The van der Waals surface area contributed by atoms with E-state index < -0.39 is 10.0 Å². The molecule has 0 aromatic heterocycles. The van der Waals surface area contributed by atoms with Crippen LogP contribution in [0.1, 0.15) is 5.56 Å². The van der Waals surface area contributed by atoms with Crippen LogP contribution in [0.25, 0.3) is 0 Å². The average Bonchev–Trinajstić information content (AvgIpc) is 2.61. The molecule has 0 atom stereocenters. The summed E-state index contributed by atoms with van der Waals surface area (Å²) in [5.74, 6) is 1.28. The third-order valence-corrected chi connectivity index (χ3v) is 6.20. The third kappa shape index (κ3) is 6.48. The number of rotatable bonds is 10. The number of aryl methyl sites for hydroxylation is 1.